The van der Waals surface area contributed by atoms with E-state index < -0.39 is 0 Å². The van der Waals surface area contributed by atoms with Crippen molar-refractivity contribution in [3.63, 3.8) is 0 Å². The number of hydrazine groups is 1. The van der Waals surface area contributed by atoms with Crippen LogP contribution in [0.2, 0.25) is 0 Å². The molecule has 0 bridgehead atoms. The molecule has 1 heterocycles. The van der Waals surface area contributed by atoms with E-state index in [1.54, 1.807) is 5.01 Å². The molecule has 0 saturated carbocycles. The first-order chi connectivity index (χ1) is 9.35. The zero-order valence-electron chi connectivity index (χ0n) is 12.7. The maximum absolute atomic E-state index is 6.21. The minimum atomic E-state index is 0.0745. The van der Waals surface area contributed by atoms with E-state index in [1.165, 1.54) is 27.8 Å². The number of fused-ring (bicyclic) bond motifs is 3. The Labute approximate surface area is 121 Å². The summed E-state index contributed by atoms with van der Waals surface area (Å²) in [5, 5.41) is 1.71. The predicted molar refractivity (Wildman–Crippen MR) is 86.4 cm³/mol. The first-order valence-electron chi connectivity index (χ1n) is 7.10. The van der Waals surface area contributed by atoms with Gasteiger partial charge in [0.1, 0.15) is 0 Å². The van der Waals surface area contributed by atoms with Gasteiger partial charge < -0.3 is 0 Å². The summed E-state index contributed by atoms with van der Waals surface area (Å²) in [6.07, 6.45) is 5.07. The van der Waals surface area contributed by atoms with E-state index in [0.29, 0.717) is 0 Å². The summed E-state index contributed by atoms with van der Waals surface area (Å²) in [7, 11) is 0. The molecule has 1 aromatic carbocycles. The van der Waals surface area contributed by atoms with Crippen molar-refractivity contribution in [2.24, 2.45) is 5.84 Å². The van der Waals surface area contributed by atoms with Gasteiger partial charge in [-0.15, -0.1) is 0 Å². The third-order valence-corrected chi connectivity index (χ3v) is 5.02. The number of anilines is 1. The molecule has 0 radical (unpaired) electrons. The summed E-state index contributed by atoms with van der Waals surface area (Å²) in [4.78, 5) is 0. The third-order valence-electron chi connectivity index (χ3n) is 5.02. The molecule has 1 aromatic rings. The Kier molecular flexibility index (Phi) is 2.70. The van der Waals surface area contributed by atoms with Crippen LogP contribution in [0.25, 0.3) is 5.57 Å². The fourth-order valence-corrected chi connectivity index (χ4v) is 3.50. The quantitative estimate of drug-likeness (QED) is 0.717. The second-order valence-electron chi connectivity index (χ2n) is 6.33. The third kappa shape index (κ3) is 1.55. The highest BCUT2D eigenvalue weighted by molar-refractivity contribution is 5.83. The molecule has 20 heavy (non-hydrogen) atoms. The lowest BCUT2D eigenvalue weighted by Crippen LogP contribution is -2.30. The average molecular weight is 266 g/mol. The van der Waals surface area contributed by atoms with Gasteiger partial charge in [0.15, 0.2) is 0 Å². The lowest BCUT2D eigenvalue weighted by molar-refractivity contribution is 0.632. The number of benzene rings is 1. The van der Waals surface area contributed by atoms with Gasteiger partial charge in [0.2, 0.25) is 0 Å². The number of nitrogens with zero attached hydrogens (tertiary/aromatic N) is 1. The van der Waals surface area contributed by atoms with Crippen molar-refractivity contribution in [2.45, 2.75) is 39.5 Å². The van der Waals surface area contributed by atoms with Crippen molar-refractivity contribution in [1.82, 2.24) is 0 Å². The zero-order valence-corrected chi connectivity index (χ0v) is 12.7. The summed E-state index contributed by atoms with van der Waals surface area (Å²) in [6.45, 7) is 13.1. The van der Waals surface area contributed by atoms with Crippen LogP contribution < -0.4 is 10.9 Å². The molecular weight excluding hydrogens is 244 g/mol. The molecule has 0 fully saturated rings. The van der Waals surface area contributed by atoms with Crippen LogP contribution in [-0.2, 0) is 11.8 Å². The van der Waals surface area contributed by atoms with Crippen molar-refractivity contribution in [1.29, 1.82) is 0 Å². The highest BCUT2D eigenvalue weighted by Crippen LogP contribution is 2.49. The highest BCUT2D eigenvalue weighted by atomic mass is 15.4. The summed E-state index contributed by atoms with van der Waals surface area (Å²) in [6, 6.07) is 4.34. The molecule has 3 rings (SSSR count). The molecule has 0 aromatic heterocycles. The van der Waals surface area contributed by atoms with Gasteiger partial charge in [-0.2, -0.15) is 0 Å². The topological polar surface area (TPSA) is 29.3 Å². The standard InChI is InChI=1S/C18H22N2/c1-11-7-6-8-15-16(20(11)19)10-9-14-12(2)13(3)18(4,5)17(14)15/h6-7,9-10H,1,8,19H2,2-5H3. The van der Waals surface area contributed by atoms with E-state index in [2.05, 4.69) is 52.5 Å². The van der Waals surface area contributed by atoms with E-state index in [0.717, 1.165) is 17.8 Å². The molecule has 1 aliphatic heterocycles. The minimum Gasteiger partial charge on any atom is -0.280 e. The van der Waals surface area contributed by atoms with Gasteiger partial charge in [-0.3, -0.25) is 5.01 Å². The molecule has 2 N–H and O–H groups in total. The fourth-order valence-electron chi connectivity index (χ4n) is 3.50. The van der Waals surface area contributed by atoms with E-state index in [-0.39, 0.29) is 5.41 Å². The summed E-state index contributed by atoms with van der Waals surface area (Å²) in [5.41, 5.74) is 8.99. The number of allylic oxidation sites excluding steroid dienone is 4. The second kappa shape index (κ2) is 4.10. The van der Waals surface area contributed by atoms with Gasteiger partial charge in [0.25, 0.3) is 0 Å². The van der Waals surface area contributed by atoms with E-state index in [4.69, 9.17) is 5.84 Å². The molecule has 1 aliphatic carbocycles. The lowest BCUT2D eigenvalue weighted by Gasteiger charge is -2.28. The van der Waals surface area contributed by atoms with Gasteiger partial charge in [0.05, 0.1) is 11.4 Å². The van der Waals surface area contributed by atoms with Gasteiger partial charge in [-0.25, -0.2) is 5.84 Å². The monoisotopic (exact) mass is 266 g/mol. The van der Waals surface area contributed by atoms with Crippen LogP contribution in [0, 0.1) is 0 Å². The Morgan fingerprint density at radius 2 is 1.95 bits per heavy atom. The van der Waals surface area contributed by atoms with Crippen LogP contribution in [-0.4, -0.2) is 0 Å². The molecule has 0 saturated heterocycles. The SMILES string of the molecule is C=C1C=CCc2c(ccc3c2C(C)(C)C(C)=C3C)N1N. The first kappa shape index (κ1) is 13.2. The molecule has 104 valence electrons. The van der Waals surface area contributed by atoms with Crippen molar-refractivity contribution >= 4 is 11.3 Å². The number of hydrogen-bond acceptors (Lipinski definition) is 2. The first-order valence-corrected chi connectivity index (χ1v) is 7.10. The van der Waals surface area contributed by atoms with Crippen LogP contribution in [0.5, 0.6) is 0 Å². The van der Waals surface area contributed by atoms with Crippen molar-refractivity contribution in [2.75, 3.05) is 5.01 Å². The average Bonchev–Trinajstić information content (AvgIpc) is 2.53. The van der Waals surface area contributed by atoms with Crippen molar-refractivity contribution in [3.05, 3.63) is 58.8 Å². The Morgan fingerprint density at radius 1 is 1.25 bits per heavy atom. The smallest absolute Gasteiger partial charge is 0.0613 e. The van der Waals surface area contributed by atoms with Gasteiger partial charge in [-0.05, 0) is 54.7 Å². The van der Waals surface area contributed by atoms with E-state index in [1.807, 2.05) is 6.08 Å². The maximum atomic E-state index is 6.21. The molecule has 0 amide bonds. The number of nitrogens with two attached hydrogens (primary N) is 1. The second-order valence-corrected chi connectivity index (χ2v) is 6.33. The fraction of sp³-hybridized carbons (Fsp3) is 0.333. The predicted octanol–water partition coefficient (Wildman–Crippen LogP) is 4.08. The summed E-state index contributed by atoms with van der Waals surface area (Å²) >= 11 is 0. The van der Waals surface area contributed by atoms with Gasteiger partial charge in [0, 0.05) is 5.41 Å². The molecule has 0 unspecified atom stereocenters. The van der Waals surface area contributed by atoms with Crippen LogP contribution in [0.1, 0.15) is 44.4 Å². The molecule has 0 spiro atoms. The van der Waals surface area contributed by atoms with Crippen LogP contribution in [0.15, 0.2) is 42.1 Å². The Bertz CT molecular complexity index is 675. The number of hydrogen-bond donors (Lipinski definition) is 1. The normalized spacial score (nSPS) is 20.1. The van der Waals surface area contributed by atoms with Gasteiger partial charge >= 0.3 is 0 Å². The molecule has 2 heteroatoms. The molecular formula is C18H22N2. The summed E-state index contributed by atoms with van der Waals surface area (Å²) < 4.78 is 0. The van der Waals surface area contributed by atoms with E-state index >= 15 is 0 Å². The molecule has 2 nitrogen and oxygen atoms in total. The minimum absolute atomic E-state index is 0.0745. The number of rotatable bonds is 0. The molecule has 2 aliphatic rings. The van der Waals surface area contributed by atoms with Crippen LogP contribution >= 0.6 is 0 Å². The van der Waals surface area contributed by atoms with Crippen LogP contribution in [0.3, 0.4) is 0 Å². The van der Waals surface area contributed by atoms with E-state index in [9.17, 15) is 0 Å². The van der Waals surface area contributed by atoms with Crippen LogP contribution in [0.4, 0.5) is 5.69 Å². The Hall–Kier alpha value is -1.80. The summed E-state index contributed by atoms with van der Waals surface area (Å²) in [5.74, 6) is 6.21. The Balaban J connectivity index is 2.31. The molecule has 0 atom stereocenters. The zero-order chi connectivity index (χ0) is 14.7. The largest absolute Gasteiger partial charge is 0.280 e. The van der Waals surface area contributed by atoms with Gasteiger partial charge in [-0.1, -0.05) is 38.1 Å². The van der Waals surface area contributed by atoms with Crippen molar-refractivity contribution < 1.29 is 0 Å². The highest BCUT2D eigenvalue weighted by Gasteiger charge is 2.37. The lowest BCUT2D eigenvalue weighted by atomic mass is 9.78. The van der Waals surface area contributed by atoms with Crippen molar-refractivity contribution in [3.8, 4) is 0 Å². The Morgan fingerprint density at radius 3 is 2.65 bits per heavy atom. The maximum Gasteiger partial charge on any atom is 0.0613 e.